The molecule has 0 aliphatic heterocycles. The summed E-state index contributed by atoms with van der Waals surface area (Å²) in [6, 6.07) is 14.5. The Labute approximate surface area is 123 Å². The Kier molecular flexibility index (Phi) is 5.01. The van der Waals surface area contributed by atoms with Gasteiger partial charge >= 0.3 is 0 Å². The summed E-state index contributed by atoms with van der Waals surface area (Å²) in [5, 5.41) is 22.7. The highest BCUT2D eigenvalue weighted by molar-refractivity contribution is 6.30. The topological polar surface area (TPSA) is 52.5 Å². The van der Waals surface area contributed by atoms with Crippen molar-refractivity contribution in [3.8, 4) is 5.75 Å². The van der Waals surface area contributed by atoms with E-state index in [-0.39, 0.29) is 24.4 Å². The predicted octanol–water partition coefficient (Wildman–Crippen LogP) is 3.11. The lowest BCUT2D eigenvalue weighted by atomic mass is 9.98. The van der Waals surface area contributed by atoms with E-state index in [1.807, 2.05) is 43.3 Å². The van der Waals surface area contributed by atoms with Gasteiger partial charge in [0.05, 0.1) is 12.6 Å². The second kappa shape index (κ2) is 6.75. The molecule has 20 heavy (non-hydrogen) atoms. The van der Waals surface area contributed by atoms with Gasteiger partial charge in [-0.05, 0) is 42.3 Å². The Hall–Kier alpha value is -1.55. The maximum atomic E-state index is 9.40. The van der Waals surface area contributed by atoms with Gasteiger partial charge in [-0.2, -0.15) is 0 Å². The highest BCUT2D eigenvalue weighted by Crippen LogP contribution is 2.25. The zero-order chi connectivity index (χ0) is 14.5. The predicted molar refractivity (Wildman–Crippen MR) is 81.1 cm³/mol. The standard InChI is InChI=1S/C16H18ClNO2/c1-11(10-19)18-16(12-2-6-14(17)7-3-12)13-4-8-15(20)9-5-13/h2-9,11,16,18-20H,10H2,1H3. The average molecular weight is 292 g/mol. The van der Waals surface area contributed by atoms with Gasteiger partial charge in [-0.15, -0.1) is 0 Å². The summed E-state index contributed by atoms with van der Waals surface area (Å²) >= 11 is 5.92. The Balaban J connectivity index is 2.33. The van der Waals surface area contributed by atoms with Crippen LogP contribution in [-0.2, 0) is 0 Å². The minimum Gasteiger partial charge on any atom is -0.508 e. The molecule has 106 valence electrons. The molecule has 2 aromatic rings. The van der Waals surface area contributed by atoms with Crippen molar-refractivity contribution in [2.75, 3.05) is 6.61 Å². The van der Waals surface area contributed by atoms with E-state index in [0.717, 1.165) is 11.1 Å². The third kappa shape index (κ3) is 3.73. The van der Waals surface area contributed by atoms with Gasteiger partial charge in [0, 0.05) is 11.1 Å². The van der Waals surface area contributed by atoms with Gasteiger partial charge < -0.3 is 15.5 Å². The van der Waals surface area contributed by atoms with Gasteiger partial charge in [-0.1, -0.05) is 35.9 Å². The van der Waals surface area contributed by atoms with Crippen molar-refractivity contribution >= 4 is 11.6 Å². The molecule has 0 radical (unpaired) electrons. The lowest BCUT2D eigenvalue weighted by Crippen LogP contribution is -2.33. The first-order chi connectivity index (χ1) is 9.60. The number of rotatable bonds is 5. The number of aliphatic hydroxyl groups excluding tert-OH is 1. The number of hydrogen-bond acceptors (Lipinski definition) is 3. The van der Waals surface area contributed by atoms with Crippen molar-refractivity contribution in [3.05, 3.63) is 64.7 Å². The minimum atomic E-state index is -0.0602. The smallest absolute Gasteiger partial charge is 0.115 e. The Bertz CT molecular complexity index is 494. The van der Waals surface area contributed by atoms with Crippen LogP contribution in [0.2, 0.25) is 5.02 Å². The van der Waals surface area contributed by atoms with Crippen LogP contribution in [0.3, 0.4) is 0 Å². The van der Waals surface area contributed by atoms with Gasteiger partial charge in [0.2, 0.25) is 0 Å². The van der Waals surface area contributed by atoms with Gasteiger partial charge in [0.15, 0.2) is 0 Å². The molecule has 0 saturated carbocycles. The zero-order valence-electron chi connectivity index (χ0n) is 11.3. The van der Waals surface area contributed by atoms with Crippen LogP contribution in [0.4, 0.5) is 0 Å². The van der Waals surface area contributed by atoms with Crippen LogP contribution in [0.25, 0.3) is 0 Å². The third-order valence-corrected chi connectivity index (χ3v) is 3.41. The van der Waals surface area contributed by atoms with Crippen molar-refractivity contribution in [2.24, 2.45) is 0 Å². The van der Waals surface area contributed by atoms with Gasteiger partial charge in [-0.3, -0.25) is 0 Å². The minimum absolute atomic E-state index is 0.0375. The second-order valence-corrected chi connectivity index (χ2v) is 5.26. The molecule has 0 aliphatic carbocycles. The van der Waals surface area contributed by atoms with Crippen molar-refractivity contribution in [3.63, 3.8) is 0 Å². The van der Waals surface area contributed by atoms with Crippen molar-refractivity contribution in [2.45, 2.75) is 19.0 Å². The number of benzene rings is 2. The highest BCUT2D eigenvalue weighted by Gasteiger charge is 2.16. The molecule has 0 saturated heterocycles. The van der Waals surface area contributed by atoms with E-state index in [0.29, 0.717) is 5.02 Å². The third-order valence-electron chi connectivity index (χ3n) is 3.15. The molecule has 2 aromatic carbocycles. The Morgan fingerprint density at radius 2 is 1.50 bits per heavy atom. The maximum Gasteiger partial charge on any atom is 0.115 e. The molecule has 0 bridgehead atoms. The summed E-state index contributed by atoms with van der Waals surface area (Å²) in [7, 11) is 0. The molecule has 2 unspecified atom stereocenters. The van der Waals surface area contributed by atoms with E-state index in [1.54, 1.807) is 12.1 Å². The molecule has 3 N–H and O–H groups in total. The highest BCUT2D eigenvalue weighted by atomic mass is 35.5. The normalized spacial score (nSPS) is 13.9. The summed E-state index contributed by atoms with van der Waals surface area (Å²) in [4.78, 5) is 0. The molecule has 2 rings (SSSR count). The average Bonchev–Trinajstić information content (AvgIpc) is 2.46. The molecule has 0 spiro atoms. The van der Waals surface area contributed by atoms with Crippen molar-refractivity contribution in [1.82, 2.24) is 5.32 Å². The molecule has 0 heterocycles. The van der Waals surface area contributed by atoms with Crippen LogP contribution in [0.5, 0.6) is 5.75 Å². The van der Waals surface area contributed by atoms with Crippen LogP contribution >= 0.6 is 11.6 Å². The number of aliphatic hydroxyl groups is 1. The summed E-state index contributed by atoms with van der Waals surface area (Å²) in [5.74, 6) is 0.235. The number of aromatic hydroxyl groups is 1. The molecule has 3 nitrogen and oxygen atoms in total. The van der Waals surface area contributed by atoms with E-state index >= 15 is 0 Å². The zero-order valence-corrected chi connectivity index (χ0v) is 12.0. The maximum absolute atomic E-state index is 9.40. The molecule has 2 atom stereocenters. The fourth-order valence-electron chi connectivity index (χ4n) is 2.04. The molecule has 0 aromatic heterocycles. The second-order valence-electron chi connectivity index (χ2n) is 4.83. The van der Waals surface area contributed by atoms with E-state index in [4.69, 9.17) is 11.6 Å². The van der Waals surface area contributed by atoms with Crippen LogP contribution < -0.4 is 5.32 Å². The molecule has 0 aliphatic rings. The lowest BCUT2D eigenvalue weighted by molar-refractivity contribution is 0.245. The number of phenolic OH excluding ortho intramolecular Hbond substituents is 1. The van der Waals surface area contributed by atoms with Crippen LogP contribution in [-0.4, -0.2) is 22.9 Å². The lowest BCUT2D eigenvalue weighted by Gasteiger charge is -2.23. The molecular formula is C16H18ClNO2. The Morgan fingerprint density at radius 1 is 1.00 bits per heavy atom. The first-order valence-electron chi connectivity index (χ1n) is 6.51. The first kappa shape index (κ1) is 14.9. The van der Waals surface area contributed by atoms with Gasteiger partial charge in [0.25, 0.3) is 0 Å². The number of halogens is 1. The van der Waals surface area contributed by atoms with Crippen LogP contribution in [0.15, 0.2) is 48.5 Å². The quantitative estimate of drug-likeness (QED) is 0.793. The van der Waals surface area contributed by atoms with Crippen molar-refractivity contribution < 1.29 is 10.2 Å². The summed E-state index contributed by atoms with van der Waals surface area (Å²) in [6.07, 6.45) is 0. The fraction of sp³-hybridized carbons (Fsp3) is 0.250. The van der Waals surface area contributed by atoms with Crippen LogP contribution in [0, 0.1) is 0 Å². The largest absolute Gasteiger partial charge is 0.508 e. The Morgan fingerprint density at radius 3 is 2.00 bits per heavy atom. The SMILES string of the molecule is CC(CO)NC(c1ccc(O)cc1)c1ccc(Cl)cc1. The molecule has 0 amide bonds. The van der Waals surface area contributed by atoms with Gasteiger partial charge in [0.1, 0.15) is 5.75 Å². The number of nitrogens with one attached hydrogen (secondary N) is 1. The van der Waals surface area contributed by atoms with E-state index in [2.05, 4.69) is 5.32 Å². The summed E-state index contributed by atoms with van der Waals surface area (Å²) < 4.78 is 0. The molecule has 4 heteroatoms. The fourth-order valence-corrected chi connectivity index (χ4v) is 2.17. The number of phenols is 1. The first-order valence-corrected chi connectivity index (χ1v) is 6.89. The molecule has 0 fully saturated rings. The van der Waals surface area contributed by atoms with Gasteiger partial charge in [-0.25, -0.2) is 0 Å². The van der Waals surface area contributed by atoms with E-state index in [1.165, 1.54) is 0 Å². The number of hydrogen-bond donors (Lipinski definition) is 3. The monoisotopic (exact) mass is 291 g/mol. The van der Waals surface area contributed by atoms with E-state index in [9.17, 15) is 10.2 Å². The summed E-state index contributed by atoms with van der Waals surface area (Å²) in [5.41, 5.74) is 2.07. The van der Waals surface area contributed by atoms with Crippen LogP contribution in [0.1, 0.15) is 24.1 Å². The van der Waals surface area contributed by atoms with Crippen molar-refractivity contribution in [1.29, 1.82) is 0 Å². The van der Waals surface area contributed by atoms with E-state index < -0.39 is 0 Å². The molecular weight excluding hydrogens is 274 g/mol. The summed E-state index contributed by atoms with van der Waals surface area (Å²) in [6.45, 7) is 1.98.